The van der Waals surface area contributed by atoms with Crippen LogP contribution in [0.15, 0.2) is 27.3 Å². The van der Waals surface area contributed by atoms with Crippen LogP contribution in [0.4, 0.5) is 10.6 Å². The van der Waals surface area contributed by atoms with E-state index in [9.17, 15) is 9.90 Å². The standard InChI is InChI=1S/C21H24BrN5O4/c1-25-5-2-3-13(25)12-31-20-23-16-11-15(22)14-4-10-30-18(14)17(16)19(24-20)26-6-8-27(9-7-26)21(28)29/h4,10-11,13H,2-3,5-9,12H2,1H3,(H,28,29)/t13-/m0/s1. The maximum Gasteiger partial charge on any atom is 0.407 e. The first-order valence-corrected chi connectivity index (χ1v) is 11.2. The van der Waals surface area contributed by atoms with Crippen LogP contribution < -0.4 is 9.64 Å². The second kappa shape index (κ2) is 8.16. The molecule has 1 aromatic carbocycles. The van der Waals surface area contributed by atoms with E-state index in [4.69, 9.17) is 14.1 Å². The number of fused-ring (bicyclic) bond motifs is 3. The van der Waals surface area contributed by atoms with Gasteiger partial charge >= 0.3 is 12.1 Å². The van der Waals surface area contributed by atoms with Crippen molar-refractivity contribution in [2.24, 2.45) is 0 Å². The molecule has 1 N–H and O–H groups in total. The Hall–Kier alpha value is -2.59. The molecule has 2 saturated heterocycles. The second-order valence-electron chi connectivity index (χ2n) is 8.09. The number of carbonyl (C=O) groups is 1. The molecular formula is C21H24BrN5O4. The van der Waals surface area contributed by atoms with E-state index in [1.54, 1.807) is 6.26 Å². The molecule has 1 atom stereocenters. The number of aromatic nitrogens is 2. The highest BCUT2D eigenvalue weighted by molar-refractivity contribution is 9.10. The number of carboxylic acid groups (broad SMARTS) is 1. The summed E-state index contributed by atoms with van der Waals surface area (Å²) < 4.78 is 12.8. The Morgan fingerprint density at radius 2 is 2.10 bits per heavy atom. The van der Waals surface area contributed by atoms with E-state index in [-0.39, 0.29) is 0 Å². The van der Waals surface area contributed by atoms with Crippen molar-refractivity contribution in [3.05, 3.63) is 22.9 Å². The maximum atomic E-state index is 11.3. The monoisotopic (exact) mass is 489 g/mol. The number of benzene rings is 1. The van der Waals surface area contributed by atoms with E-state index < -0.39 is 6.09 Å². The van der Waals surface area contributed by atoms with Gasteiger partial charge in [0.25, 0.3) is 0 Å². The van der Waals surface area contributed by atoms with Crippen molar-refractivity contribution in [2.75, 3.05) is 51.3 Å². The quantitative estimate of drug-likeness (QED) is 0.595. The minimum absolute atomic E-state index is 0.335. The van der Waals surface area contributed by atoms with Gasteiger partial charge in [0.15, 0.2) is 0 Å². The van der Waals surface area contributed by atoms with E-state index in [0.29, 0.717) is 50.4 Å². The summed E-state index contributed by atoms with van der Waals surface area (Å²) in [5.41, 5.74) is 1.44. The van der Waals surface area contributed by atoms with Crippen molar-refractivity contribution in [1.29, 1.82) is 0 Å². The van der Waals surface area contributed by atoms with Crippen molar-refractivity contribution in [3.8, 4) is 6.01 Å². The number of likely N-dealkylation sites (tertiary alicyclic amines) is 1. The average Bonchev–Trinajstić information content (AvgIpc) is 3.41. The predicted molar refractivity (Wildman–Crippen MR) is 120 cm³/mol. The van der Waals surface area contributed by atoms with Crippen LogP contribution in [-0.4, -0.2) is 83.4 Å². The molecule has 2 fully saturated rings. The molecule has 31 heavy (non-hydrogen) atoms. The summed E-state index contributed by atoms with van der Waals surface area (Å²) in [6.45, 7) is 3.54. The molecule has 4 heterocycles. The van der Waals surface area contributed by atoms with Crippen molar-refractivity contribution < 1.29 is 19.1 Å². The van der Waals surface area contributed by atoms with Gasteiger partial charge in [0.05, 0.1) is 17.2 Å². The van der Waals surface area contributed by atoms with E-state index in [1.165, 1.54) is 11.3 Å². The van der Waals surface area contributed by atoms with Crippen molar-refractivity contribution in [3.63, 3.8) is 0 Å². The smallest absolute Gasteiger partial charge is 0.407 e. The fourth-order valence-corrected chi connectivity index (χ4v) is 4.95. The molecular weight excluding hydrogens is 466 g/mol. The molecule has 2 aliphatic rings. The number of amides is 1. The number of hydrogen-bond acceptors (Lipinski definition) is 7. The highest BCUT2D eigenvalue weighted by atomic mass is 79.9. The van der Waals surface area contributed by atoms with Gasteiger partial charge in [0, 0.05) is 42.1 Å². The fraction of sp³-hybridized carbons (Fsp3) is 0.476. The first-order valence-electron chi connectivity index (χ1n) is 10.4. The van der Waals surface area contributed by atoms with E-state index >= 15 is 0 Å². The summed E-state index contributed by atoms with van der Waals surface area (Å²) in [6.07, 6.45) is 3.04. The highest BCUT2D eigenvalue weighted by Crippen LogP contribution is 2.37. The highest BCUT2D eigenvalue weighted by Gasteiger charge is 2.27. The van der Waals surface area contributed by atoms with Crippen molar-refractivity contribution in [2.45, 2.75) is 18.9 Å². The van der Waals surface area contributed by atoms with E-state index in [1.807, 2.05) is 12.1 Å². The van der Waals surface area contributed by atoms with Gasteiger partial charge in [-0.1, -0.05) is 0 Å². The van der Waals surface area contributed by atoms with Gasteiger partial charge in [-0.3, -0.25) is 0 Å². The minimum Gasteiger partial charge on any atom is -0.465 e. The Bertz CT molecular complexity index is 1130. The lowest BCUT2D eigenvalue weighted by Gasteiger charge is -2.34. The van der Waals surface area contributed by atoms with Crippen LogP contribution in [0.25, 0.3) is 21.9 Å². The summed E-state index contributed by atoms with van der Waals surface area (Å²) in [6, 6.07) is 4.56. The molecule has 5 rings (SSSR count). The van der Waals surface area contributed by atoms with E-state index in [0.717, 1.165) is 39.5 Å². The third-order valence-electron chi connectivity index (χ3n) is 6.24. The van der Waals surface area contributed by atoms with Crippen molar-refractivity contribution in [1.82, 2.24) is 19.8 Å². The van der Waals surface area contributed by atoms with Gasteiger partial charge < -0.3 is 29.0 Å². The number of likely N-dealkylation sites (N-methyl/N-ethyl adjacent to an activating group) is 1. The third kappa shape index (κ3) is 3.78. The Labute approximate surface area is 187 Å². The van der Waals surface area contributed by atoms with Crippen LogP contribution >= 0.6 is 15.9 Å². The van der Waals surface area contributed by atoms with Crippen LogP contribution in [0.3, 0.4) is 0 Å². The summed E-state index contributed by atoms with van der Waals surface area (Å²) in [5, 5.41) is 11.1. The molecule has 0 saturated carbocycles. The fourth-order valence-electron chi connectivity index (χ4n) is 4.42. The molecule has 10 heteroatoms. The topological polar surface area (TPSA) is 95.2 Å². The lowest BCUT2D eigenvalue weighted by atomic mass is 10.1. The first-order chi connectivity index (χ1) is 15.0. The number of nitrogens with zero attached hydrogens (tertiary/aromatic N) is 5. The van der Waals surface area contributed by atoms with Crippen LogP contribution in [-0.2, 0) is 0 Å². The van der Waals surface area contributed by atoms with Gasteiger partial charge in [0.2, 0.25) is 0 Å². The molecule has 1 amide bonds. The SMILES string of the molecule is CN1CCC[C@H]1COc1nc(N2CCN(C(=O)O)CC2)c2c(cc(Br)c3ccoc32)n1. The van der Waals surface area contributed by atoms with Gasteiger partial charge in [-0.05, 0) is 54.5 Å². The maximum absolute atomic E-state index is 11.3. The number of hydrogen-bond donors (Lipinski definition) is 1. The summed E-state index contributed by atoms with van der Waals surface area (Å²) >= 11 is 3.61. The zero-order valence-corrected chi connectivity index (χ0v) is 18.8. The molecule has 9 nitrogen and oxygen atoms in total. The van der Waals surface area contributed by atoms with Crippen LogP contribution in [0.5, 0.6) is 6.01 Å². The third-order valence-corrected chi connectivity index (χ3v) is 6.89. The summed E-state index contributed by atoms with van der Waals surface area (Å²) in [5.74, 6) is 0.720. The summed E-state index contributed by atoms with van der Waals surface area (Å²) in [7, 11) is 2.11. The normalized spacial score (nSPS) is 20.1. The van der Waals surface area contributed by atoms with Gasteiger partial charge in [-0.25, -0.2) is 4.79 Å². The van der Waals surface area contributed by atoms with Gasteiger partial charge in [-0.2, -0.15) is 9.97 Å². The Morgan fingerprint density at radius 3 is 2.81 bits per heavy atom. The molecule has 3 aromatic rings. The molecule has 0 radical (unpaired) electrons. The number of furan rings is 1. The molecule has 0 unspecified atom stereocenters. The molecule has 0 spiro atoms. The molecule has 164 valence electrons. The molecule has 2 aromatic heterocycles. The lowest BCUT2D eigenvalue weighted by molar-refractivity contribution is 0.142. The predicted octanol–water partition coefficient (Wildman–Crippen LogP) is 3.41. The Morgan fingerprint density at radius 1 is 1.29 bits per heavy atom. The molecule has 0 aliphatic carbocycles. The zero-order valence-electron chi connectivity index (χ0n) is 17.3. The number of anilines is 1. The zero-order chi connectivity index (χ0) is 21.5. The van der Waals surface area contributed by atoms with E-state index in [2.05, 4.69) is 37.8 Å². The first kappa shape index (κ1) is 20.3. The number of ether oxygens (including phenoxy) is 1. The second-order valence-corrected chi connectivity index (χ2v) is 8.94. The number of piperazine rings is 1. The minimum atomic E-state index is -0.894. The van der Waals surface area contributed by atoms with Crippen molar-refractivity contribution >= 4 is 49.7 Å². The van der Waals surface area contributed by atoms with Crippen LogP contribution in [0.1, 0.15) is 12.8 Å². The summed E-state index contributed by atoms with van der Waals surface area (Å²) in [4.78, 5) is 26.6. The van der Waals surface area contributed by atoms with Crippen LogP contribution in [0, 0.1) is 0 Å². The molecule has 2 aliphatic heterocycles. The van der Waals surface area contributed by atoms with Crippen LogP contribution in [0.2, 0.25) is 0 Å². The Kier molecular flexibility index (Phi) is 5.35. The molecule has 0 bridgehead atoms. The van der Waals surface area contributed by atoms with Gasteiger partial charge in [-0.15, -0.1) is 0 Å². The van der Waals surface area contributed by atoms with Gasteiger partial charge in [0.1, 0.15) is 18.0 Å². The average molecular weight is 490 g/mol. The lowest BCUT2D eigenvalue weighted by Crippen LogP contribution is -2.48. The Balaban J connectivity index is 1.54. The largest absolute Gasteiger partial charge is 0.465 e. The number of rotatable bonds is 4. The number of halogens is 1.